The van der Waals surface area contributed by atoms with Gasteiger partial charge >= 0.3 is 0 Å². The summed E-state index contributed by atoms with van der Waals surface area (Å²) < 4.78 is 10.9. The minimum absolute atomic E-state index is 0.0138. The second kappa shape index (κ2) is 7.43. The fourth-order valence-electron chi connectivity index (χ4n) is 2.24. The van der Waals surface area contributed by atoms with Gasteiger partial charge in [-0.05, 0) is 38.1 Å². The molecule has 0 saturated heterocycles. The van der Waals surface area contributed by atoms with Gasteiger partial charge in [0.1, 0.15) is 11.5 Å². The van der Waals surface area contributed by atoms with E-state index in [0.29, 0.717) is 0 Å². The predicted octanol–water partition coefficient (Wildman–Crippen LogP) is 3.56. The summed E-state index contributed by atoms with van der Waals surface area (Å²) in [6.07, 6.45) is 1.06. The highest BCUT2D eigenvalue weighted by Crippen LogP contribution is 2.33. The summed E-state index contributed by atoms with van der Waals surface area (Å²) in [4.78, 5) is 4.63. The molecule has 0 aliphatic heterocycles. The summed E-state index contributed by atoms with van der Waals surface area (Å²) >= 11 is 1.66. The Labute approximate surface area is 130 Å². The van der Waals surface area contributed by atoms with Crippen LogP contribution in [0.3, 0.4) is 0 Å². The molecule has 5 heteroatoms. The van der Waals surface area contributed by atoms with Gasteiger partial charge in [-0.1, -0.05) is 6.92 Å². The van der Waals surface area contributed by atoms with Crippen LogP contribution in [0.4, 0.5) is 0 Å². The van der Waals surface area contributed by atoms with E-state index in [1.165, 1.54) is 0 Å². The van der Waals surface area contributed by atoms with Crippen LogP contribution in [0.2, 0.25) is 0 Å². The predicted molar refractivity (Wildman–Crippen MR) is 86.5 cm³/mol. The van der Waals surface area contributed by atoms with Crippen LogP contribution < -0.4 is 14.8 Å². The quantitative estimate of drug-likeness (QED) is 0.849. The molecule has 0 bridgehead atoms. The van der Waals surface area contributed by atoms with E-state index < -0.39 is 0 Å². The summed E-state index contributed by atoms with van der Waals surface area (Å²) in [5.41, 5.74) is 2.08. The first-order valence-corrected chi connectivity index (χ1v) is 7.94. The summed E-state index contributed by atoms with van der Waals surface area (Å²) in [6.45, 7) is 5.09. The van der Waals surface area contributed by atoms with E-state index in [-0.39, 0.29) is 6.04 Å². The van der Waals surface area contributed by atoms with E-state index in [1.54, 1.807) is 25.6 Å². The van der Waals surface area contributed by atoms with E-state index in [9.17, 15) is 0 Å². The molecule has 1 heterocycles. The Kier molecular flexibility index (Phi) is 5.59. The molecule has 0 aliphatic rings. The zero-order chi connectivity index (χ0) is 15.2. The number of thiazole rings is 1. The zero-order valence-corrected chi connectivity index (χ0v) is 13.8. The fourth-order valence-corrected chi connectivity index (χ4v) is 2.88. The number of aromatic nitrogens is 1. The molecule has 114 valence electrons. The number of rotatable bonds is 7. The molecule has 0 amide bonds. The van der Waals surface area contributed by atoms with Gasteiger partial charge in [-0.15, -0.1) is 11.3 Å². The van der Waals surface area contributed by atoms with E-state index in [0.717, 1.165) is 40.7 Å². The molecule has 1 aromatic heterocycles. The number of nitrogens with zero attached hydrogens (tertiary/aromatic N) is 1. The van der Waals surface area contributed by atoms with Gasteiger partial charge in [-0.25, -0.2) is 4.98 Å². The largest absolute Gasteiger partial charge is 0.497 e. The van der Waals surface area contributed by atoms with Gasteiger partial charge < -0.3 is 14.8 Å². The monoisotopic (exact) mass is 306 g/mol. The zero-order valence-electron chi connectivity index (χ0n) is 13.0. The number of ether oxygens (including phenoxy) is 2. The van der Waals surface area contributed by atoms with Crippen LogP contribution in [0, 0.1) is 6.92 Å². The Morgan fingerprint density at radius 1 is 1.29 bits per heavy atom. The number of hydrogen-bond acceptors (Lipinski definition) is 5. The van der Waals surface area contributed by atoms with Crippen molar-refractivity contribution in [2.75, 3.05) is 20.8 Å². The van der Waals surface area contributed by atoms with Crippen LogP contribution in [0.5, 0.6) is 11.5 Å². The lowest BCUT2D eigenvalue weighted by Crippen LogP contribution is -2.24. The third-order valence-electron chi connectivity index (χ3n) is 3.28. The fraction of sp³-hybridized carbons (Fsp3) is 0.438. The van der Waals surface area contributed by atoms with Crippen molar-refractivity contribution < 1.29 is 9.47 Å². The highest BCUT2D eigenvalue weighted by molar-refractivity contribution is 7.09. The molecular weight excluding hydrogens is 284 g/mol. The van der Waals surface area contributed by atoms with Crippen LogP contribution in [0.1, 0.15) is 35.7 Å². The van der Waals surface area contributed by atoms with Crippen molar-refractivity contribution in [1.82, 2.24) is 10.3 Å². The Morgan fingerprint density at radius 3 is 2.67 bits per heavy atom. The van der Waals surface area contributed by atoms with E-state index in [4.69, 9.17) is 9.47 Å². The number of benzene rings is 1. The molecule has 1 atom stereocenters. The average molecular weight is 306 g/mol. The summed E-state index contributed by atoms with van der Waals surface area (Å²) in [5.74, 6) is 1.66. The van der Waals surface area contributed by atoms with Gasteiger partial charge in [-0.3, -0.25) is 0 Å². The van der Waals surface area contributed by atoms with Gasteiger partial charge in [-0.2, -0.15) is 0 Å². The second-order valence-electron chi connectivity index (χ2n) is 4.79. The van der Waals surface area contributed by atoms with Gasteiger partial charge in [0.2, 0.25) is 0 Å². The van der Waals surface area contributed by atoms with Crippen molar-refractivity contribution in [3.05, 3.63) is 39.8 Å². The number of hydrogen-bond donors (Lipinski definition) is 1. The highest BCUT2D eigenvalue weighted by atomic mass is 32.1. The molecule has 0 fully saturated rings. The Morgan fingerprint density at radius 2 is 2.10 bits per heavy atom. The lowest BCUT2D eigenvalue weighted by atomic mass is 10.0. The standard InChI is InChI=1S/C16H22N2O2S/c1-5-8-17-16(14-10-21-11(2)18-14)13-9-12(19-3)6-7-15(13)20-4/h6-7,9-10,16-17H,5,8H2,1-4H3. The lowest BCUT2D eigenvalue weighted by Gasteiger charge is -2.20. The van der Waals surface area contributed by atoms with Crippen LogP contribution in [-0.4, -0.2) is 25.7 Å². The maximum atomic E-state index is 5.51. The number of aryl methyl sites for hydroxylation is 1. The van der Waals surface area contributed by atoms with E-state index in [1.807, 2.05) is 25.1 Å². The molecule has 1 N–H and O–H groups in total. The molecule has 0 saturated carbocycles. The normalized spacial score (nSPS) is 12.2. The minimum atomic E-state index is 0.0138. The number of methoxy groups -OCH3 is 2. The first-order chi connectivity index (χ1) is 10.2. The summed E-state index contributed by atoms with van der Waals surface area (Å²) in [5, 5.41) is 6.71. The lowest BCUT2D eigenvalue weighted by molar-refractivity contribution is 0.393. The Hall–Kier alpha value is -1.59. The van der Waals surface area contributed by atoms with Crippen molar-refractivity contribution >= 4 is 11.3 Å². The molecule has 1 aromatic carbocycles. The van der Waals surface area contributed by atoms with Gasteiger partial charge in [0.25, 0.3) is 0 Å². The van der Waals surface area contributed by atoms with Gasteiger partial charge in [0.15, 0.2) is 0 Å². The summed E-state index contributed by atoms with van der Waals surface area (Å²) in [6, 6.07) is 5.88. The maximum Gasteiger partial charge on any atom is 0.124 e. The van der Waals surface area contributed by atoms with Crippen LogP contribution in [0.25, 0.3) is 0 Å². The topological polar surface area (TPSA) is 43.4 Å². The van der Waals surface area contributed by atoms with Crippen LogP contribution in [-0.2, 0) is 0 Å². The maximum absolute atomic E-state index is 5.51. The van der Waals surface area contributed by atoms with Crippen LogP contribution >= 0.6 is 11.3 Å². The SMILES string of the molecule is CCCNC(c1csc(C)n1)c1cc(OC)ccc1OC. The van der Waals surface area contributed by atoms with Gasteiger partial charge in [0, 0.05) is 10.9 Å². The first kappa shape index (κ1) is 15.8. The molecular formula is C16H22N2O2S. The molecule has 0 aliphatic carbocycles. The third kappa shape index (κ3) is 3.74. The van der Waals surface area contributed by atoms with Crippen molar-refractivity contribution in [3.8, 4) is 11.5 Å². The first-order valence-electron chi connectivity index (χ1n) is 7.07. The van der Waals surface area contributed by atoms with E-state index >= 15 is 0 Å². The average Bonchev–Trinajstić information content (AvgIpc) is 2.93. The molecule has 4 nitrogen and oxygen atoms in total. The van der Waals surface area contributed by atoms with Crippen molar-refractivity contribution in [2.45, 2.75) is 26.3 Å². The molecule has 2 rings (SSSR count). The minimum Gasteiger partial charge on any atom is -0.497 e. The van der Waals surface area contributed by atoms with Crippen molar-refractivity contribution in [1.29, 1.82) is 0 Å². The number of nitrogens with one attached hydrogen (secondary N) is 1. The Bertz CT molecular complexity index is 583. The third-order valence-corrected chi connectivity index (χ3v) is 4.07. The second-order valence-corrected chi connectivity index (χ2v) is 5.85. The molecule has 2 aromatic rings. The smallest absolute Gasteiger partial charge is 0.124 e. The summed E-state index contributed by atoms with van der Waals surface area (Å²) in [7, 11) is 3.36. The van der Waals surface area contributed by atoms with Crippen LogP contribution in [0.15, 0.2) is 23.6 Å². The highest BCUT2D eigenvalue weighted by Gasteiger charge is 2.20. The molecule has 21 heavy (non-hydrogen) atoms. The van der Waals surface area contributed by atoms with Crippen molar-refractivity contribution in [3.63, 3.8) is 0 Å². The van der Waals surface area contributed by atoms with Gasteiger partial charge in [0.05, 0.1) is 31.0 Å². The van der Waals surface area contributed by atoms with E-state index in [2.05, 4.69) is 22.6 Å². The molecule has 0 spiro atoms. The van der Waals surface area contributed by atoms with Crippen molar-refractivity contribution in [2.24, 2.45) is 0 Å². The Balaban J connectivity index is 2.44. The molecule has 1 unspecified atom stereocenters. The molecule has 0 radical (unpaired) electrons.